The molecule has 0 saturated heterocycles. The fourth-order valence-electron chi connectivity index (χ4n) is 12.4. The Kier molecular flexibility index (Phi) is 11.5. The van der Waals surface area contributed by atoms with Crippen LogP contribution in [0.15, 0.2) is 285 Å². The van der Waals surface area contributed by atoms with Gasteiger partial charge in [-0.3, -0.25) is 0 Å². The topological polar surface area (TPSA) is 15.3 Å². The van der Waals surface area contributed by atoms with Crippen LogP contribution in [0, 0.1) is 13.8 Å². The molecule has 0 bridgehead atoms. The number of hydrogen-bond donors (Lipinski definition) is 1. The van der Waals surface area contributed by atoms with Crippen molar-refractivity contribution in [3.8, 4) is 0 Å². The highest BCUT2D eigenvalue weighted by atomic mass is 29.8. The predicted octanol–water partition coefficient (Wildman–Crippen LogP) is 8.14. The molecule has 328 valence electrons. The molecule has 68 heavy (non-hydrogen) atoms. The fraction of sp³-hybridized carbons (Fsp3) is 0.0323. The molecule has 10 aromatic rings. The summed E-state index contributed by atoms with van der Waals surface area (Å²) in [6.45, 7) is 4.39. The Morgan fingerprint density at radius 3 is 0.985 bits per heavy atom. The van der Waals surface area contributed by atoms with Gasteiger partial charge in [0, 0.05) is 5.69 Å². The summed E-state index contributed by atoms with van der Waals surface area (Å²) in [5.41, 5.74) is 9.08. The maximum absolute atomic E-state index is 4.40. The average Bonchev–Trinajstić information content (AvgIpc) is 3.42. The number of anilines is 2. The van der Waals surface area contributed by atoms with E-state index in [1.54, 1.807) is 0 Å². The lowest BCUT2D eigenvalue weighted by atomic mass is 10.2. The summed E-state index contributed by atoms with van der Waals surface area (Å²) in [4.78, 5) is 0. The average molecular weight is 939 g/mol. The third-order valence-electron chi connectivity index (χ3n) is 14.7. The van der Waals surface area contributed by atoms with E-state index < -0.39 is 29.6 Å². The van der Waals surface area contributed by atoms with E-state index in [4.69, 9.17) is 0 Å². The van der Waals surface area contributed by atoms with Crippen LogP contribution >= 0.6 is 0 Å². The Balaban J connectivity index is 1.55. The molecule has 0 amide bonds. The van der Waals surface area contributed by atoms with Crippen molar-refractivity contribution < 1.29 is 0 Å². The molecule has 0 fully saturated rings. The maximum atomic E-state index is 4.40. The van der Waals surface area contributed by atoms with E-state index in [9.17, 15) is 0 Å². The highest BCUT2D eigenvalue weighted by molar-refractivity contribution is 8.02. The van der Waals surface area contributed by atoms with Crippen LogP contribution in [-0.4, -0.2) is 29.6 Å². The Morgan fingerprint density at radius 2 is 0.588 bits per heavy atom. The lowest BCUT2D eigenvalue weighted by Gasteiger charge is -2.69. The number of hydrogen-bond acceptors (Lipinski definition) is 2. The molecule has 2 nitrogen and oxygen atoms in total. The van der Waals surface area contributed by atoms with Crippen LogP contribution in [0.2, 0.25) is 0 Å². The van der Waals surface area contributed by atoms with Crippen molar-refractivity contribution in [2.24, 2.45) is 0 Å². The van der Waals surface area contributed by atoms with Crippen LogP contribution in [0.3, 0.4) is 0 Å². The van der Waals surface area contributed by atoms with Crippen LogP contribution in [0.5, 0.6) is 0 Å². The second kappa shape index (κ2) is 18.0. The summed E-state index contributed by atoms with van der Waals surface area (Å²) in [5, 5.41) is 13.1. The molecule has 6 heteroatoms. The highest BCUT2D eigenvalue weighted by Crippen LogP contribution is 2.42. The molecule has 11 rings (SSSR count). The molecule has 0 saturated carbocycles. The van der Waals surface area contributed by atoms with Gasteiger partial charge in [0.2, 0.25) is 7.75 Å². The lowest BCUT2D eigenvalue weighted by molar-refractivity contribution is 1.23. The molecule has 0 aromatic heterocycles. The Labute approximate surface area is 405 Å². The van der Waals surface area contributed by atoms with E-state index in [0.717, 1.165) is 11.4 Å². The van der Waals surface area contributed by atoms with Gasteiger partial charge in [-0.2, -0.15) is 0 Å². The molecule has 1 aliphatic rings. The molecular weight excluding hydrogens is 885 g/mol. The molecule has 1 heterocycles. The monoisotopic (exact) mass is 938 g/mol. The molecule has 1 unspecified atom stereocenters. The van der Waals surface area contributed by atoms with Gasteiger partial charge >= 0.3 is 0 Å². The summed E-state index contributed by atoms with van der Waals surface area (Å²) < 4.78 is 2.80. The van der Waals surface area contributed by atoms with Gasteiger partial charge in [0.05, 0.1) is 5.69 Å². The van der Waals surface area contributed by atoms with Gasteiger partial charge in [-0.05, 0) is 53.7 Å². The normalized spacial score (nSPS) is 16.5. The van der Waals surface area contributed by atoms with Crippen LogP contribution in [0.4, 0.5) is 11.4 Å². The Bertz CT molecular complexity index is 3130. The molecule has 1 N–H and O–H groups in total. The fourth-order valence-corrected chi connectivity index (χ4v) is 91.7. The minimum absolute atomic E-state index is 1.06. The second-order valence-corrected chi connectivity index (χ2v) is 46.1. The minimum atomic E-state index is -3.72. The molecule has 1 atom stereocenters. The summed E-state index contributed by atoms with van der Waals surface area (Å²) in [7, 11) is -14.4. The number of nitrogens with one attached hydrogen (secondary N) is 1. The van der Waals surface area contributed by atoms with Gasteiger partial charge < -0.3 is 10.1 Å². The molecular formula is C62H54N2Si4. The Hall–Kier alpha value is -7.33. The minimum Gasteiger partial charge on any atom is -0.308 e. The third-order valence-corrected chi connectivity index (χ3v) is 67.6. The van der Waals surface area contributed by atoms with E-state index in [-0.39, 0.29) is 0 Å². The highest BCUT2D eigenvalue weighted by Gasteiger charge is 2.84. The predicted molar refractivity (Wildman–Crippen MR) is 300 cm³/mol. The van der Waals surface area contributed by atoms with E-state index >= 15 is 0 Å². The van der Waals surface area contributed by atoms with Gasteiger partial charge in [0.1, 0.15) is 21.8 Å². The molecule has 0 radical (unpaired) electrons. The first-order valence-electron chi connectivity index (χ1n) is 23.8. The van der Waals surface area contributed by atoms with Crippen LogP contribution in [0.1, 0.15) is 11.1 Å². The number of rotatable bonds is 11. The van der Waals surface area contributed by atoms with Gasteiger partial charge in [0.15, 0.2) is 0 Å². The van der Waals surface area contributed by atoms with Crippen molar-refractivity contribution in [2.75, 3.05) is 10.1 Å². The van der Waals surface area contributed by atoms with Crippen LogP contribution < -0.4 is 56.8 Å². The zero-order chi connectivity index (χ0) is 46.0. The van der Waals surface area contributed by atoms with Crippen molar-refractivity contribution >= 4 is 87.6 Å². The number of aryl methyl sites for hydroxylation is 2. The van der Waals surface area contributed by atoms with Crippen molar-refractivity contribution in [1.82, 2.24) is 0 Å². The molecule has 10 aromatic carbocycles. The lowest BCUT2D eigenvalue weighted by Crippen LogP contribution is -3.15. The quantitative estimate of drug-likeness (QED) is 0.104. The Morgan fingerprint density at radius 1 is 0.279 bits per heavy atom. The first-order valence-corrected chi connectivity index (χ1v) is 34.7. The zero-order valence-corrected chi connectivity index (χ0v) is 42.6. The summed E-state index contributed by atoms with van der Waals surface area (Å²) in [5.74, 6) is 0. The van der Waals surface area contributed by atoms with E-state index in [2.05, 4.69) is 309 Å². The summed E-state index contributed by atoms with van der Waals surface area (Å²) in [6, 6.07) is 112. The standard InChI is InChI=1S/C62H54N2Si4/c1-50-42-46-52(47-43-50)63-64(53-48-44-51(2)45-49-53)66(56-30-14-5-15-31-56)62-41-25-24-40-61(62)65(54-26-10-3-11-27-54,55-28-12-4-13-29-55)67(57-32-16-6-17-33-57,58-34-18-7-19-35-58)68(66,59-36-20-8-21-37-59)60-38-22-9-23-39-60/h3-49,63H,1-2H3. The van der Waals surface area contributed by atoms with Crippen molar-refractivity contribution in [1.29, 1.82) is 0 Å². The molecule has 0 spiro atoms. The van der Waals surface area contributed by atoms with Crippen molar-refractivity contribution in [2.45, 2.75) is 13.8 Å². The van der Waals surface area contributed by atoms with E-state index in [0.29, 0.717) is 0 Å². The van der Waals surface area contributed by atoms with Crippen LogP contribution in [-0.2, 0) is 0 Å². The zero-order valence-electron chi connectivity index (χ0n) is 38.6. The van der Waals surface area contributed by atoms with Crippen molar-refractivity contribution in [3.63, 3.8) is 0 Å². The van der Waals surface area contributed by atoms with Gasteiger partial charge in [-0.1, -0.05) is 303 Å². The van der Waals surface area contributed by atoms with Crippen molar-refractivity contribution in [3.05, 3.63) is 296 Å². The summed E-state index contributed by atoms with van der Waals surface area (Å²) >= 11 is 0. The van der Waals surface area contributed by atoms with E-state index in [1.165, 1.54) is 57.8 Å². The third kappa shape index (κ3) is 6.39. The van der Waals surface area contributed by atoms with Gasteiger partial charge in [0.25, 0.3) is 0 Å². The largest absolute Gasteiger partial charge is 0.308 e. The smallest absolute Gasteiger partial charge is 0.239 e. The number of fused-ring (bicyclic) bond motifs is 1. The van der Waals surface area contributed by atoms with E-state index in [1.807, 2.05) is 0 Å². The molecule has 0 aliphatic carbocycles. The molecule has 1 aliphatic heterocycles. The van der Waals surface area contributed by atoms with Crippen LogP contribution in [0.25, 0.3) is 0 Å². The number of benzene rings is 10. The SMILES string of the molecule is Cc1ccc(NN(c2ccc(C)cc2)[Si]2(c3ccccc3)c3ccccc3[Si](c3ccccc3)(c3ccccc3)[Si](c3ccccc3)(c3ccccc3)[Si]2(c2ccccc2)c2ccccc2)cc1. The maximum Gasteiger partial charge on any atom is 0.239 e. The number of hydrazine groups is 1. The van der Waals surface area contributed by atoms with Gasteiger partial charge in [-0.15, -0.1) is 0 Å². The first-order chi connectivity index (χ1) is 33.6. The first kappa shape index (κ1) is 43.3. The van der Waals surface area contributed by atoms with Gasteiger partial charge in [-0.25, -0.2) is 0 Å². The summed E-state index contributed by atoms with van der Waals surface area (Å²) in [6.07, 6.45) is 0. The number of nitrogens with zero attached hydrogens (tertiary/aromatic N) is 1. The second-order valence-electron chi connectivity index (χ2n) is 18.2.